The highest BCUT2D eigenvalue weighted by molar-refractivity contribution is 5.90. The molecule has 0 amide bonds. The Kier molecular flexibility index (Phi) is 6.74. The summed E-state index contributed by atoms with van der Waals surface area (Å²) in [5.41, 5.74) is 2.49. The van der Waals surface area contributed by atoms with Gasteiger partial charge in [0.05, 0.1) is 19.4 Å². The predicted octanol–water partition coefficient (Wildman–Crippen LogP) is 2.39. The summed E-state index contributed by atoms with van der Waals surface area (Å²) in [6, 6.07) is 7.96. The van der Waals surface area contributed by atoms with Crippen LogP contribution in [0.3, 0.4) is 0 Å². The zero-order valence-electron chi connectivity index (χ0n) is 18.5. The number of anilines is 1. The third-order valence-electron chi connectivity index (χ3n) is 4.77. The zero-order chi connectivity index (χ0) is 22.5. The molecule has 164 valence electrons. The number of hydrogen-bond acceptors (Lipinski definition) is 7. The highest BCUT2D eigenvalue weighted by Gasteiger charge is 2.24. The van der Waals surface area contributed by atoms with E-state index < -0.39 is 11.5 Å². The summed E-state index contributed by atoms with van der Waals surface area (Å²) in [5.74, 6) is -0.456. The molecular formula is C22H27N5O4. The Bertz CT molecular complexity index is 1140. The summed E-state index contributed by atoms with van der Waals surface area (Å²) >= 11 is 0. The molecule has 0 radical (unpaired) electrons. The molecule has 0 saturated carbocycles. The van der Waals surface area contributed by atoms with Crippen molar-refractivity contribution in [1.82, 2.24) is 19.3 Å². The Labute approximate surface area is 180 Å². The largest absolute Gasteiger partial charge is 0.486 e. The molecular weight excluding hydrogens is 398 g/mol. The van der Waals surface area contributed by atoms with Crippen molar-refractivity contribution in [3.05, 3.63) is 58.3 Å². The standard InChI is InChI=1S/C22H27N5O4/c1-6-30-19-18(21(29)31-7-2)24-22(27(5)20(19)28)25(3)13-15-10-8-9-11-17(15)16-12-23-26(4)14-16/h8-12,14H,6-7,13H2,1-5H3. The maximum absolute atomic E-state index is 12.9. The Morgan fingerprint density at radius 2 is 1.90 bits per heavy atom. The summed E-state index contributed by atoms with van der Waals surface area (Å²) in [6.45, 7) is 4.30. The molecule has 0 fully saturated rings. The van der Waals surface area contributed by atoms with E-state index in [4.69, 9.17) is 9.47 Å². The van der Waals surface area contributed by atoms with E-state index in [0.29, 0.717) is 12.5 Å². The summed E-state index contributed by atoms with van der Waals surface area (Å²) in [5, 5.41) is 4.25. The second-order valence-electron chi connectivity index (χ2n) is 7.02. The minimum atomic E-state index is -0.686. The van der Waals surface area contributed by atoms with Crippen LogP contribution in [-0.4, -0.2) is 45.6 Å². The lowest BCUT2D eigenvalue weighted by atomic mass is 10.0. The maximum atomic E-state index is 12.9. The molecule has 0 spiro atoms. The molecule has 0 atom stereocenters. The second kappa shape index (κ2) is 9.46. The van der Waals surface area contributed by atoms with Crippen LogP contribution in [0.5, 0.6) is 5.75 Å². The molecule has 0 aliphatic carbocycles. The number of aromatic nitrogens is 4. The highest BCUT2D eigenvalue weighted by atomic mass is 16.5. The number of benzene rings is 1. The van der Waals surface area contributed by atoms with Crippen LogP contribution in [0.1, 0.15) is 29.9 Å². The first kappa shape index (κ1) is 22.1. The fourth-order valence-electron chi connectivity index (χ4n) is 3.35. The Morgan fingerprint density at radius 1 is 1.16 bits per heavy atom. The molecule has 3 rings (SSSR count). The molecule has 0 bridgehead atoms. The van der Waals surface area contributed by atoms with Crippen molar-refractivity contribution < 1.29 is 14.3 Å². The van der Waals surface area contributed by atoms with Gasteiger partial charge in [-0.25, -0.2) is 9.78 Å². The zero-order valence-corrected chi connectivity index (χ0v) is 18.5. The molecule has 0 saturated heterocycles. The lowest BCUT2D eigenvalue weighted by Gasteiger charge is -2.23. The average Bonchev–Trinajstić information content (AvgIpc) is 3.18. The fraction of sp³-hybridized carbons (Fsp3) is 0.364. The van der Waals surface area contributed by atoms with E-state index in [2.05, 4.69) is 10.1 Å². The van der Waals surface area contributed by atoms with Crippen molar-refractivity contribution in [2.24, 2.45) is 14.1 Å². The summed E-state index contributed by atoms with van der Waals surface area (Å²) in [7, 11) is 5.29. The molecule has 0 N–H and O–H groups in total. The molecule has 9 heteroatoms. The van der Waals surface area contributed by atoms with Crippen molar-refractivity contribution in [3.8, 4) is 16.9 Å². The third kappa shape index (κ3) is 4.60. The molecule has 2 aromatic heterocycles. The number of aryl methyl sites for hydroxylation is 1. The number of hydrogen-bond donors (Lipinski definition) is 0. The van der Waals surface area contributed by atoms with Crippen molar-refractivity contribution in [2.45, 2.75) is 20.4 Å². The van der Waals surface area contributed by atoms with Gasteiger partial charge in [0.15, 0.2) is 5.69 Å². The van der Waals surface area contributed by atoms with Crippen LogP contribution in [-0.2, 0) is 25.4 Å². The van der Waals surface area contributed by atoms with Gasteiger partial charge >= 0.3 is 5.97 Å². The van der Waals surface area contributed by atoms with Gasteiger partial charge in [-0.05, 0) is 25.0 Å². The van der Waals surface area contributed by atoms with Gasteiger partial charge in [-0.1, -0.05) is 24.3 Å². The topological polar surface area (TPSA) is 91.5 Å². The molecule has 2 heterocycles. The first-order chi connectivity index (χ1) is 14.9. The van der Waals surface area contributed by atoms with E-state index in [1.54, 1.807) is 25.6 Å². The van der Waals surface area contributed by atoms with Crippen LogP contribution < -0.4 is 15.2 Å². The van der Waals surface area contributed by atoms with Gasteiger partial charge in [0.25, 0.3) is 5.56 Å². The van der Waals surface area contributed by atoms with Crippen LogP contribution in [0.15, 0.2) is 41.5 Å². The predicted molar refractivity (Wildman–Crippen MR) is 117 cm³/mol. The maximum Gasteiger partial charge on any atom is 0.361 e. The van der Waals surface area contributed by atoms with Crippen molar-refractivity contribution >= 4 is 11.9 Å². The van der Waals surface area contributed by atoms with Crippen molar-refractivity contribution in [3.63, 3.8) is 0 Å². The summed E-state index contributed by atoms with van der Waals surface area (Å²) in [4.78, 5) is 31.6. The fourth-order valence-corrected chi connectivity index (χ4v) is 3.35. The van der Waals surface area contributed by atoms with Crippen LogP contribution in [0.25, 0.3) is 11.1 Å². The van der Waals surface area contributed by atoms with E-state index in [9.17, 15) is 9.59 Å². The number of ether oxygens (including phenoxy) is 2. The van der Waals surface area contributed by atoms with E-state index >= 15 is 0 Å². The van der Waals surface area contributed by atoms with Gasteiger partial charge in [0.2, 0.25) is 11.7 Å². The Balaban J connectivity index is 2.02. The third-order valence-corrected chi connectivity index (χ3v) is 4.77. The minimum absolute atomic E-state index is 0.101. The normalized spacial score (nSPS) is 10.7. The number of carbonyl (C=O) groups excluding carboxylic acids is 1. The van der Waals surface area contributed by atoms with Gasteiger partial charge in [-0.15, -0.1) is 0 Å². The van der Waals surface area contributed by atoms with Crippen molar-refractivity contribution in [1.29, 1.82) is 0 Å². The monoisotopic (exact) mass is 425 g/mol. The van der Waals surface area contributed by atoms with E-state index in [-0.39, 0.29) is 24.7 Å². The molecule has 31 heavy (non-hydrogen) atoms. The molecule has 0 aliphatic rings. The molecule has 1 aromatic carbocycles. The quantitative estimate of drug-likeness (QED) is 0.512. The average molecular weight is 425 g/mol. The van der Waals surface area contributed by atoms with Gasteiger partial charge in [0, 0.05) is 39.4 Å². The van der Waals surface area contributed by atoms with Gasteiger partial charge in [-0.3, -0.25) is 14.0 Å². The van der Waals surface area contributed by atoms with E-state index in [1.807, 2.05) is 55.7 Å². The minimum Gasteiger partial charge on any atom is -0.486 e. The first-order valence-electron chi connectivity index (χ1n) is 10.1. The summed E-state index contributed by atoms with van der Waals surface area (Å²) in [6.07, 6.45) is 3.76. The number of esters is 1. The SMILES string of the molecule is CCOC(=O)c1nc(N(C)Cc2ccccc2-c2cnn(C)c2)n(C)c(=O)c1OCC. The Hall–Kier alpha value is -3.62. The lowest BCUT2D eigenvalue weighted by Crippen LogP contribution is -2.32. The first-order valence-corrected chi connectivity index (χ1v) is 10.1. The molecule has 3 aromatic rings. The number of carbonyl (C=O) groups is 1. The van der Waals surface area contributed by atoms with Crippen LogP contribution in [0.2, 0.25) is 0 Å². The lowest BCUT2D eigenvalue weighted by molar-refractivity contribution is 0.0513. The van der Waals surface area contributed by atoms with Crippen LogP contribution in [0.4, 0.5) is 5.95 Å². The number of rotatable bonds is 8. The number of nitrogens with zero attached hydrogens (tertiary/aromatic N) is 5. The molecule has 9 nitrogen and oxygen atoms in total. The summed E-state index contributed by atoms with van der Waals surface area (Å²) < 4.78 is 13.6. The molecule has 0 aliphatic heterocycles. The second-order valence-corrected chi connectivity index (χ2v) is 7.02. The van der Waals surface area contributed by atoms with Crippen molar-refractivity contribution in [2.75, 3.05) is 25.2 Å². The van der Waals surface area contributed by atoms with E-state index in [1.165, 1.54) is 4.57 Å². The van der Waals surface area contributed by atoms with Crippen LogP contribution >= 0.6 is 0 Å². The van der Waals surface area contributed by atoms with Gasteiger partial charge < -0.3 is 14.4 Å². The smallest absolute Gasteiger partial charge is 0.361 e. The van der Waals surface area contributed by atoms with Gasteiger partial charge in [0.1, 0.15) is 0 Å². The van der Waals surface area contributed by atoms with Gasteiger partial charge in [-0.2, -0.15) is 5.10 Å². The molecule has 0 unspecified atom stereocenters. The van der Waals surface area contributed by atoms with E-state index in [0.717, 1.165) is 16.7 Å². The van der Waals surface area contributed by atoms with Crippen LogP contribution in [0, 0.1) is 0 Å². The Morgan fingerprint density at radius 3 is 2.55 bits per heavy atom. The highest BCUT2D eigenvalue weighted by Crippen LogP contribution is 2.25.